The molecular formula is C12H25N3O4S2. The van der Waals surface area contributed by atoms with Crippen LogP contribution in [0.4, 0.5) is 0 Å². The van der Waals surface area contributed by atoms with Crippen molar-refractivity contribution < 1.29 is 16.8 Å². The van der Waals surface area contributed by atoms with Crippen LogP contribution in [0.25, 0.3) is 0 Å². The van der Waals surface area contributed by atoms with Crippen LogP contribution in [-0.4, -0.2) is 52.6 Å². The highest BCUT2D eigenvalue weighted by Gasteiger charge is 2.25. The van der Waals surface area contributed by atoms with Crippen LogP contribution in [-0.2, 0) is 20.2 Å². The number of nitrogens with zero attached hydrogens (tertiary/aromatic N) is 1. The van der Waals surface area contributed by atoms with Crippen LogP contribution in [0.5, 0.6) is 0 Å². The van der Waals surface area contributed by atoms with Crippen molar-refractivity contribution in [3.63, 3.8) is 0 Å². The van der Waals surface area contributed by atoms with Crippen molar-refractivity contribution >= 4 is 20.2 Å². The second kappa shape index (κ2) is 7.36. The highest BCUT2D eigenvalue weighted by molar-refractivity contribution is 7.89. The van der Waals surface area contributed by atoms with Gasteiger partial charge in [0, 0.05) is 25.7 Å². The van der Waals surface area contributed by atoms with Crippen LogP contribution in [0.15, 0.2) is 0 Å². The summed E-state index contributed by atoms with van der Waals surface area (Å²) in [6, 6.07) is -0.0128. The molecule has 2 aliphatic rings. The van der Waals surface area contributed by atoms with E-state index in [0.29, 0.717) is 13.1 Å². The summed E-state index contributed by atoms with van der Waals surface area (Å²) in [5.74, 6) is -0.182. The Morgan fingerprint density at radius 2 is 1.52 bits per heavy atom. The fourth-order valence-corrected chi connectivity index (χ4v) is 5.57. The Bertz CT molecular complexity index is 521. The lowest BCUT2D eigenvalue weighted by Crippen LogP contribution is -2.45. The molecular weight excluding hydrogens is 314 g/mol. The lowest BCUT2D eigenvalue weighted by molar-refractivity contribution is 0.346. The monoisotopic (exact) mass is 339 g/mol. The lowest BCUT2D eigenvalue weighted by atomic mass is 10.2. The maximum Gasteiger partial charge on any atom is 0.277 e. The smallest absolute Gasteiger partial charge is 0.212 e. The molecule has 1 heterocycles. The van der Waals surface area contributed by atoms with E-state index in [4.69, 9.17) is 0 Å². The summed E-state index contributed by atoms with van der Waals surface area (Å²) in [4.78, 5) is 0. The number of sulfonamides is 1. The lowest BCUT2D eigenvalue weighted by Gasteiger charge is -2.25. The van der Waals surface area contributed by atoms with Gasteiger partial charge in [-0.3, -0.25) is 0 Å². The number of hydrogen-bond acceptors (Lipinski definition) is 4. The zero-order chi connectivity index (χ0) is 15.3. The molecule has 1 saturated heterocycles. The SMILES string of the molecule is O=S(=O)(NCCS(=O)(=O)N1CCCCC1)NC1CCCC1. The van der Waals surface area contributed by atoms with Crippen molar-refractivity contribution in [2.24, 2.45) is 0 Å². The molecule has 7 nitrogen and oxygen atoms in total. The Labute approximate surface area is 127 Å². The Morgan fingerprint density at radius 3 is 2.14 bits per heavy atom. The van der Waals surface area contributed by atoms with Crippen molar-refractivity contribution in [2.45, 2.75) is 51.0 Å². The van der Waals surface area contributed by atoms with Gasteiger partial charge in [0.25, 0.3) is 10.2 Å². The molecule has 0 aromatic heterocycles. The molecule has 9 heteroatoms. The molecule has 1 saturated carbocycles. The maximum atomic E-state index is 12.1. The van der Waals surface area contributed by atoms with Crippen LogP contribution < -0.4 is 9.44 Å². The number of piperidine rings is 1. The molecule has 0 aromatic rings. The first-order valence-corrected chi connectivity index (χ1v) is 10.7. The molecule has 0 atom stereocenters. The van der Waals surface area contributed by atoms with Crippen LogP contribution in [0.3, 0.4) is 0 Å². The molecule has 0 radical (unpaired) electrons. The molecule has 1 aliphatic carbocycles. The molecule has 1 aliphatic heterocycles. The predicted octanol–water partition coefficient (Wildman–Crippen LogP) is 0.169. The summed E-state index contributed by atoms with van der Waals surface area (Å²) >= 11 is 0. The molecule has 0 amide bonds. The molecule has 2 N–H and O–H groups in total. The van der Waals surface area contributed by atoms with Gasteiger partial charge in [0.2, 0.25) is 10.0 Å². The van der Waals surface area contributed by atoms with Crippen molar-refractivity contribution in [2.75, 3.05) is 25.4 Å². The average molecular weight is 339 g/mol. The largest absolute Gasteiger partial charge is 0.277 e. The summed E-state index contributed by atoms with van der Waals surface area (Å²) in [5, 5.41) is 0. The fourth-order valence-electron chi connectivity index (χ4n) is 2.88. The van der Waals surface area contributed by atoms with Gasteiger partial charge in [-0.25, -0.2) is 17.4 Å². The van der Waals surface area contributed by atoms with Crippen molar-refractivity contribution in [3.05, 3.63) is 0 Å². The summed E-state index contributed by atoms with van der Waals surface area (Å²) in [7, 11) is -6.96. The van der Waals surface area contributed by atoms with E-state index in [0.717, 1.165) is 44.9 Å². The Kier molecular flexibility index (Phi) is 6.01. The maximum absolute atomic E-state index is 12.1. The third-order valence-electron chi connectivity index (χ3n) is 4.04. The second-order valence-corrected chi connectivity index (χ2v) is 9.39. The Morgan fingerprint density at radius 1 is 0.905 bits per heavy atom. The minimum absolute atomic E-state index is 0.0128. The van der Waals surface area contributed by atoms with E-state index in [1.54, 1.807) is 0 Å². The number of rotatable bonds is 7. The van der Waals surface area contributed by atoms with Gasteiger partial charge >= 0.3 is 0 Å². The normalized spacial score (nSPS) is 22.7. The van der Waals surface area contributed by atoms with E-state index < -0.39 is 20.2 Å². The van der Waals surface area contributed by atoms with E-state index in [1.807, 2.05) is 0 Å². The van der Waals surface area contributed by atoms with Gasteiger partial charge in [-0.2, -0.15) is 13.1 Å². The molecule has 2 fully saturated rings. The fraction of sp³-hybridized carbons (Fsp3) is 1.00. The van der Waals surface area contributed by atoms with Crippen LogP contribution in [0.1, 0.15) is 44.9 Å². The van der Waals surface area contributed by atoms with Crippen LogP contribution in [0.2, 0.25) is 0 Å². The van der Waals surface area contributed by atoms with Gasteiger partial charge < -0.3 is 0 Å². The third kappa shape index (κ3) is 5.48. The summed E-state index contributed by atoms with van der Waals surface area (Å²) in [5.41, 5.74) is 0. The Balaban J connectivity index is 1.76. The van der Waals surface area contributed by atoms with E-state index in [9.17, 15) is 16.8 Å². The highest BCUT2D eigenvalue weighted by Crippen LogP contribution is 2.18. The zero-order valence-corrected chi connectivity index (χ0v) is 13.9. The number of nitrogens with one attached hydrogen (secondary N) is 2. The Hall–Kier alpha value is -0.220. The van der Waals surface area contributed by atoms with Crippen molar-refractivity contribution in [1.29, 1.82) is 0 Å². The van der Waals surface area contributed by atoms with Crippen LogP contribution in [0, 0.1) is 0 Å². The first kappa shape index (κ1) is 17.1. The topological polar surface area (TPSA) is 95.6 Å². The quantitative estimate of drug-likeness (QED) is 0.691. The molecule has 0 aromatic carbocycles. The molecule has 124 valence electrons. The minimum Gasteiger partial charge on any atom is -0.212 e. The van der Waals surface area contributed by atoms with E-state index >= 15 is 0 Å². The molecule has 0 bridgehead atoms. The first-order valence-electron chi connectivity index (χ1n) is 7.64. The van der Waals surface area contributed by atoms with E-state index in [1.165, 1.54) is 4.31 Å². The van der Waals surface area contributed by atoms with Crippen molar-refractivity contribution in [1.82, 2.24) is 13.7 Å². The second-order valence-electron chi connectivity index (χ2n) is 5.77. The number of hydrogen-bond donors (Lipinski definition) is 2. The molecule has 21 heavy (non-hydrogen) atoms. The summed E-state index contributed by atoms with van der Waals surface area (Å²) in [6.45, 7) is 1.02. The van der Waals surface area contributed by atoms with Gasteiger partial charge in [0.1, 0.15) is 0 Å². The molecule has 0 unspecified atom stereocenters. The summed E-state index contributed by atoms with van der Waals surface area (Å²) in [6.07, 6.45) is 6.61. The summed E-state index contributed by atoms with van der Waals surface area (Å²) < 4.78 is 54.2. The van der Waals surface area contributed by atoms with Gasteiger partial charge in [-0.1, -0.05) is 19.3 Å². The molecule has 0 spiro atoms. The van der Waals surface area contributed by atoms with Crippen LogP contribution >= 0.6 is 0 Å². The molecule has 2 rings (SSSR count). The predicted molar refractivity (Wildman–Crippen MR) is 81.5 cm³/mol. The van der Waals surface area contributed by atoms with E-state index in [2.05, 4.69) is 9.44 Å². The van der Waals surface area contributed by atoms with Crippen molar-refractivity contribution in [3.8, 4) is 0 Å². The van der Waals surface area contributed by atoms with Gasteiger partial charge in [-0.15, -0.1) is 0 Å². The van der Waals surface area contributed by atoms with Gasteiger partial charge in [-0.05, 0) is 25.7 Å². The highest BCUT2D eigenvalue weighted by atomic mass is 32.2. The third-order valence-corrected chi connectivity index (χ3v) is 7.14. The van der Waals surface area contributed by atoms with Gasteiger partial charge in [0.05, 0.1) is 5.75 Å². The minimum atomic E-state index is -3.60. The average Bonchev–Trinajstić information content (AvgIpc) is 2.91. The van der Waals surface area contributed by atoms with E-state index in [-0.39, 0.29) is 18.3 Å². The zero-order valence-electron chi connectivity index (χ0n) is 12.3. The van der Waals surface area contributed by atoms with Gasteiger partial charge in [0.15, 0.2) is 0 Å². The standard InChI is InChI=1S/C12H25N3O4S2/c16-20(17,15-9-4-1-5-10-15)11-8-13-21(18,19)14-12-6-2-3-7-12/h12-14H,1-11H2. The first-order chi connectivity index (χ1) is 9.89.